The van der Waals surface area contributed by atoms with Crippen LogP contribution in [0.1, 0.15) is 36.5 Å². The summed E-state index contributed by atoms with van der Waals surface area (Å²) >= 11 is 0. The topological polar surface area (TPSA) is 78.6 Å². The predicted octanol–water partition coefficient (Wildman–Crippen LogP) is 1.37. The summed E-state index contributed by atoms with van der Waals surface area (Å²) in [6, 6.07) is 5.74. The average Bonchev–Trinajstić information content (AvgIpc) is 2.36. The second-order valence-corrected chi connectivity index (χ2v) is 5.14. The first-order valence-corrected chi connectivity index (χ1v) is 7.22. The molecule has 4 N–H and O–H groups in total. The number of aliphatic hydroxyl groups is 1. The maximum atomic E-state index is 12.2. The highest BCUT2D eigenvalue weighted by Crippen LogP contribution is 2.32. The van der Waals surface area contributed by atoms with Crippen molar-refractivity contribution in [2.45, 2.75) is 32.2 Å². The van der Waals surface area contributed by atoms with Crippen LogP contribution in [0.4, 0.5) is 11.4 Å². The van der Waals surface area contributed by atoms with Crippen molar-refractivity contribution in [1.29, 1.82) is 0 Å². The van der Waals surface area contributed by atoms with Crippen LogP contribution in [0.25, 0.3) is 0 Å². The molecule has 5 nitrogen and oxygen atoms in total. The molecule has 1 aromatic rings. The Balaban J connectivity index is 2.35. The number of aliphatic hydroxyl groups excluding tert-OH is 1. The molecule has 1 aliphatic carbocycles. The zero-order valence-corrected chi connectivity index (χ0v) is 11.9. The molecule has 2 rings (SSSR count). The number of amides is 1. The van der Waals surface area contributed by atoms with E-state index in [-0.39, 0.29) is 12.5 Å². The molecular formula is C15H23N3O2. The van der Waals surface area contributed by atoms with Crippen LogP contribution in [0.3, 0.4) is 0 Å². The summed E-state index contributed by atoms with van der Waals surface area (Å²) in [6.07, 6.45) is 3.40. The number of nitrogens with zero attached hydrogens (tertiary/aromatic N) is 1. The van der Waals surface area contributed by atoms with Crippen molar-refractivity contribution in [2.75, 3.05) is 30.3 Å². The van der Waals surface area contributed by atoms with E-state index in [1.165, 1.54) is 6.42 Å². The number of carbonyl (C=O) groups excluding carboxylic acids is 1. The van der Waals surface area contributed by atoms with Crippen LogP contribution in [0.2, 0.25) is 0 Å². The zero-order chi connectivity index (χ0) is 14.5. The summed E-state index contributed by atoms with van der Waals surface area (Å²) < 4.78 is 0. The van der Waals surface area contributed by atoms with Gasteiger partial charge in [0, 0.05) is 24.8 Å². The number of carbonyl (C=O) groups is 1. The zero-order valence-electron chi connectivity index (χ0n) is 11.9. The van der Waals surface area contributed by atoms with E-state index in [0.29, 0.717) is 30.4 Å². The van der Waals surface area contributed by atoms with Gasteiger partial charge >= 0.3 is 0 Å². The summed E-state index contributed by atoms with van der Waals surface area (Å²) in [5.41, 5.74) is 7.96. The lowest BCUT2D eigenvalue weighted by Gasteiger charge is -2.39. The maximum absolute atomic E-state index is 12.2. The number of nitrogen functional groups attached to an aromatic ring is 1. The smallest absolute Gasteiger partial charge is 0.253 e. The molecule has 0 spiro atoms. The minimum Gasteiger partial charge on any atom is -0.399 e. The van der Waals surface area contributed by atoms with E-state index in [0.717, 1.165) is 18.5 Å². The molecule has 1 aliphatic rings. The van der Waals surface area contributed by atoms with Gasteiger partial charge in [0.15, 0.2) is 0 Å². The molecule has 110 valence electrons. The van der Waals surface area contributed by atoms with Crippen molar-refractivity contribution in [2.24, 2.45) is 0 Å². The molecule has 0 heterocycles. The van der Waals surface area contributed by atoms with E-state index in [2.05, 4.69) is 10.2 Å². The highest BCUT2D eigenvalue weighted by atomic mass is 16.3. The first-order chi connectivity index (χ1) is 9.67. The highest BCUT2D eigenvalue weighted by molar-refractivity contribution is 6.00. The number of rotatable bonds is 6. The van der Waals surface area contributed by atoms with Crippen molar-refractivity contribution in [1.82, 2.24) is 5.32 Å². The van der Waals surface area contributed by atoms with Gasteiger partial charge in [-0.1, -0.05) is 0 Å². The first kappa shape index (κ1) is 14.7. The second kappa shape index (κ2) is 6.61. The minimum atomic E-state index is -0.0928. The lowest BCUT2D eigenvalue weighted by molar-refractivity contribution is 0.0956. The van der Waals surface area contributed by atoms with Crippen molar-refractivity contribution < 1.29 is 9.90 Å². The monoisotopic (exact) mass is 277 g/mol. The van der Waals surface area contributed by atoms with E-state index >= 15 is 0 Å². The molecule has 0 aromatic heterocycles. The molecule has 5 heteroatoms. The Morgan fingerprint density at radius 2 is 2.25 bits per heavy atom. The van der Waals surface area contributed by atoms with Crippen molar-refractivity contribution >= 4 is 17.3 Å². The van der Waals surface area contributed by atoms with Crippen LogP contribution in [-0.4, -0.2) is 36.8 Å². The van der Waals surface area contributed by atoms with Gasteiger partial charge in [-0.25, -0.2) is 0 Å². The second-order valence-electron chi connectivity index (χ2n) is 5.14. The molecule has 0 atom stereocenters. The number of anilines is 2. The van der Waals surface area contributed by atoms with Gasteiger partial charge in [-0.05, 0) is 44.4 Å². The van der Waals surface area contributed by atoms with Crippen LogP contribution in [0.5, 0.6) is 0 Å². The average molecular weight is 277 g/mol. The molecule has 1 amide bonds. The normalized spacial score (nSPS) is 14.7. The SMILES string of the molecule is CCNC(=O)c1ccc(N)cc1N(CCO)C1CCC1. The maximum Gasteiger partial charge on any atom is 0.253 e. The third kappa shape index (κ3) is 3.04. The van der Waals surface area contributed by atoms with E-state index < -0.39 is 0 Å². The van der Waals surface area contributed by atoms with E-state index in [9.17, 15) is 9.90 Å². The number of hydrogen-bond acceptors (Lipinski definition) is 4. The van der Waals surface area contributed by atoms with Gasteiger partial charge in [-0.15, -0.1) is 0 Å². The van der Waals surface area contributed by atoms with E-state index in [1.54, 1.807) is 12.1 Å². The number of nitrogens with one attached hydrogen (secondary N) is 1. The summed E-state index contributed by atoms with van der Waals surface area (Å²) in [4.78, 5) is 14.3. The number of benzene rings is 1. The molecular weight excluding hydrogens is 254 g/mol. The Morgan fingerprint density at radius 3 is 2.80 bits per heavy atom. The first-order valence-electron chi connectivity index (χ1n) is 7.22. The van der Waals surface area contributed by atoms with Crippen LogP contribution < -0.4 is 16.0 Å². The van der Waals surface area contributed by atoms with Gasteiger partial charge in [0.1, 0.15) is 0 Å². The summed E-state index contributed by atoms with van der Waals surface area (Å²) in [6.45, 7) is 3.08. The minimum absolute atomic E-state index is 0.0696. The van der Waals surface area contributed by atoms with Gasteiger partial charge in [0.05, 0.1) is 17.9 Å². The Bertz CT molecular complexity index is 472. The van der Waals surface area contributed by atoms with E-state index in [4.69, 9.17) is 5.73 Å². The van der Waals surface area contributed by atoms with E-state index in [1.807, 2.05) is 13.0 Å². The Kier molecular flexibility index (Phi) is 4.84. The van der Waals surface area contributed by atoms with Crippen molar-refractivity contribution in [3.63, 3.8) is 0 Å². The van der Waals surface area contributed by atoms with Gasteiger partial charge in [0.25, 0.3) is 5.91 Å². The molecule has 1 saturated carbocycles. The molecule has 20 heavy (non-hydrogen) atoms. The third-order valence-corrected chi connectivity index (χ3v) is 3.77. The van der Waals surface area contributed by atoms with Crippen LogP contribution in [0.15, 0.2) is 18.2 Å². The lowest BCUT2D eigenvalue weighted by atomic mass is 9.90. The lowest BCUT2D eigenvalue weighted by Crippen LogP contribution is -2.43. The molecule has 1 aromatic carbocycles. The fraction of sp³-hybridized carbons (Fsp3) is 0.533. The fourth-order valence-electron chi connectivity index (χ4n) is 2.54. The van der Waals surface area contributed by atoms with Crippen molar-refractivity contribution in [3.05, 3.63) is 23.8 Å². The predicted molar refractivity (Wildman–Crippen MR) is 80.9 cm³/mol. The molecule has 0 unspecified atom stereocenters. The molecule has 0 bridgehead atoms. The fourth-order valence-corrected chi connectivity index (χ4v) is 2.54. The van der Waals surface area contributed by atoms with Gasteiger partial charge in [0.2, 0.25) is 0 Å². The Morgan fingerprint density at radius 1 is 1.50 bits per heavy atom. The summed E-state index contributed by atoms with van der Waals surface area (Å²) in [5.74, 6) is -0.0928. The van der Waals surface area contributed by atoms with Crippen LogP contribution in [0, 0.1) is 0 Å². The Labute approximate surface area is 119 Å². The molecule has 1 fully saturated rings. The highest BCUT2D eigenvalue weighted by Gasteiger charge is 2.27. The van der Waals surface area contributed by atoms with Gasteiger partial charge < -0.3 is 21.1 Å². The molecule has 0 saturated heterocycles. The standard InChI is InChI=1S/C15H23N3O2/c1-2-17-15(20)13-7-6-11(16)10-14(13)18(8-9-19)12-4-3-5-12/h6-7,10,12,19H,2-5,8-9,16H2,1H3,(H,17,20). The van der Waals surface area contributed by atoms with Crippen molar-refractivity contribution in [3.8, 4) is 0 Å². The van der Waals surface area contributed by atoms with Crippen LogP contribution >= 0.6 is 0 Å². The summed E-state index contributed by atoms with van der Waals surface area (Å²) in [7, 11) is 0. The summed E-state index contributed by atoms with van der Waals surface area (Å²) in [5, 5.41) is 12.1. The quantitative estimate of drug-likeness (QED) is 0.686. The van der Waals surface area contributed by atoms with Gasteiger partial charge in [-0.3, -0.25) is 4.79 Å². The van der Waals surface area contributed by atoms with Gasteiger partial charge in [-0.2, -0.15) is 0 Å². The number of hydrogen-bond donors (Lipinski definition) is 3. The Hall–Kier alpha value is -1.75. The third-order valence-electron chi connectivity index (χ3n) is 3.77. The van der Waals surface area contributed by atoms with Crippen LogP contribution in [-0.2, 0) is 0 Å². The molecule has 0 radical (unpaired) electrons. The number of nitrogens with two attached hydrogens (primary N) is 1. The largest absolute Gasteiger partial charge is 0.399 e. The molecule has 0 aliphatic heterocycles.